The van der Waals surface area contributed by atoms with E-state index in [1.807, 2.05) is 0 Å². The summed E-state index contributed by atoms with van der Waals surface area (Å²) >= 11 is 0. The highest BCUT2D eigenvalue weighted by molar-refractivity contribution is 5.79. The Bertz CT molecular complexity index is 213. The first kappa shape index (κ1) is 10.1. The van der Waals surface area contributed by atoms with Gasteiger partial charge in [-0.05, 0) is 18.8 Å². The lowest BCUT2D eigenvalue weighted by molar-refractivity contribution is -0.131. The van der Waals surface area contributed by atoms with Crippen molar-refractivity contribution < 1.29 is 9.90 Å². The lowest BCUT2D eigenvalue weighted by Crippen LogP contribution is -2.23. The minimum absolute atomic E-state index is 0.533. The minimum atomic E-state index is -0.866. The van der Waals surface area contributed by atoms with Crippen molar-refractivity contribution in [3.63, 3.8) is 0 Å². The van der Waals surface area contributed by atoms with Gasteiger partial charge in [0.2, 0.25) is 0 Å². The molecule has 1 N–H and O–H groups in total. The molecule has 0 radical (unpaired) electrons. The Morgan fingerprint density at radius 1 is 1.69 bits per heavy atom. The van der Waals surface area contributed by atoms with Gasteiger partial charge >= 0.3 is 5.97 Å². The Hall–Kier alpha value is -0.990. The first-order valence-electron chi connectivity index (χ1n) is 4.80. The monoisotopic (exact) mass is 183 g/mol. The first-order valence-corrected chi connectivity index (χ1v) is 4.80. The van der Waals surface area contributed by atoms with E-state index in [1.54, 1.807) is 6.20 Å². The van der Waals surface area contributed by atoms with Gasteiger partial charge in [-0.25, -0.2) is 4.79 Å². The van der Waals surface area contributed by atoms with Gasteiger partial charge in [0.25, 0.3) is 0 Å². The molecule has 2 atom stereocenters. The van der Waals surface area contributed by atoms with E-state index in [9.17, 15) is 4.79 Å². The van der Waals surface area contributed by atoms with Crippen LogP contribution >= 0.6 is 0 Å². The Labute approximate surface area is 79.0 Å². The fourth-order valence-corrected chi connectivity index (χ4v) is 1.93. The van der Waals surface area contributed by atoms with Crippen LogP contribution in [0.25, 0.3) is 0 Å². The van der Waals surface area contributed by atoms with E-state index >= 15 is 0 Å². The SMILES string of the molecule is CCC1CC(C)CN1/C=C/C(=O)O. The van der Waals surface area contributed by atoms with Crippen molar-refractivity contribution in [2.75, 3.05) is 6.54 Å². The molecule has 2 unspecified atom stereocenters. The van der Waals surface area contributed by atoms with Crippen molar-refractivity contribution in [1.29, 1.82) is 0 Å². The molecule has 1 aliphatic heterocycles. The van der Waals surface area contributed by atoms with Crippen molar-refractivity contribution >= 4 is 5.97 Å². The zero-order chi connectivity index (χ0) is 9.84. The molecule has 0 aromatic carbocycles. The van der Waals surface area contributed by atoms with Gasteiger partial charge in [0, 0.05) is 24.9 Å². The summed E-state index contributed by atoms with van der Waals surface area (Å²) in [4.78, 5) is 12.5. The van der Waals surface area contributed by atoms with Gasteiger partial charge < -0.3 is 10.0 Å². The summed E-state index contributed by atoms with van der Waals surface area (Å²) in [6, 6.07) is 0.533. The quantitative estimate of drug-likeness (QED) is 0.677. The second-order valence-electron chi connectivity index (χ2n) is 3.75. The van der Waals surface area contributed by atoms with E-state index in [0.29, 0.717) is 12.0 Å². The molecule has 3 nitrogen and oxygen atoms in total. The molecule has 1 saturated heterocycles. The molecule has 3 heteroatoms. The van der Waals surface area contributed by atoms with Crippen LogP contribution in [0.4, 0.5) is 0 Å². The van der Waals surface area contributed by atoms with Crippen LogP contribution in [0, 0.1) is 5.92 Å². The Morgan fingerprint density at radius 2 is 2.38 bits per heavy atom. The van der Waals surface area contributed by atoms with Gasteiger partial charge in [-0.3, -0.25) is 0 Å². The number of carboxylic acid groups (broad SMARTS) is 1. The third kappa shape index (κ3) is 2.76. The van der Waals surface area contributed by atoms with E-state index in [1.165, 1.54) is 12.5 Å². The molecule has 0 aliphatic carbocycles. The molecule has 74 valence electrons. The van der Waals surface area contributed by atoms with Crippen LogP contribution in [0.5, 0.6) is 0 Å². The van der Waals surface area contributed by atoms with Crippen LogP contribution in [-0.2, 0) is 4.79 Å². The number of carbonyl (C=O) groups is 1. The predicted octanol–water partition coefficient (Wildman–Crippen LogP) is 1.71. The standard InChI is InChI=1S/C10H17NO2/c1-3-9-6-8(2)7-11(9)5-4-10(12)13/h4-5,8-9H,3,6-7H2,1-2H3,(H,12,13)/b5-4+. The lowest BCUT2D eigenvalue weighted by atomic mass is 10.1. The first-order chi connectivity index (χ1) is 6.13. The van der Waals surface area contributed by atoms with Gasteiger partial charge in [-0.1, -0.05) is 13.8 Å². The van der Waals surface area contributed by atoms with Crippen molar-refractivity contribution in [3.05, 3.63) is 12.3 Å². The van der Waals surface area contributed by atoms with Crippen LogP contribution in [0.15, 0.2) is 12.3 Å². The highest BCUT2D eigenvalue weighted by atomic mass is 16.4. The van der Waals surface area contributed by atoms with Gasteiger partial charge in [0.15, 0.2) is 0 Å². The Morgan fingerprint density at radius 3 is 2.92 bits per heavy atom. The van der Waals surface area contributed by atoms with E-state index in [4.69, 9.17) is 5.11 Å². The smallest absolute Gasteiger partial charge is 0.329 e. The van der Waals surface area contributed by atoms with Crippen molar-refractivity contribution in [3.8, 4) is 0 Å². The van der Waals surface area contributed by atoms with Crippen molar-refractivity contribution in [2.45, 2.75) is 32.7 Å². The van der Waals surface area contributed by atoms with Crippen LogP contribution in [0.2, 0.25) is 0 Å². The second-order valence-corrected chi connectivity index (χ2v) is 3.75. The number of hydrogen-bond donors (Lipinski definition) is 1. The fraction of sp³-hybridized carbons (Fsp3) is 0.700. The third-order valence-corrected chi connectivity index (χ3v) is 2.55. The summed E-state index contributed by atoms with van der Waals surface area (Å²) in [5, 5.41) is 8.49. The molecule has 0 aromatic heterocycles. The summed E-state index contributed by atoms with van der Waals surface area (Å²) in [6.07, 6.45) is 5.20. The molecule has 0 amide bonds. The molecular formula is C10H17NO2. The molecule has 1 heterocycles. The maximum atomic E-state index is 10.3. The summed E-state index contributed by atoms with van der Waals surface area (Å²) in [6.45, 7) is 5.34. The molecule has 0 aromatic rings. The lowest BCUT2D eigenvalue weighted by Gasteiger charge is -2.20. The summed E-state index contributed by atoms with van der Waals surface area (Å²) in [5.74, 6) is -0.183. The number of likely N-dealkylation sites (tertiary alicyclic amines) is 1. The van der Waals surface area contributed by atoms with Gasteiger partial charge in [0.1, 0.15) is 0 Å². The predicted molar refractivity (Wildman–Crippen MR) is 51.3 cm³/mol. The van der Waals surface area contributed by atoms with E-state index in [2.05, 4.69) is 18.7 Å². The van der Waals surface area contributed by atoms with Crippen LogP contribution in [0.3, 0.4) is 0 Å². The molecular weight excluding hydrogens is 166 g/mol. The van der Waals surface area contributed by atoms with Crippen LogP contribution < -0.4 is 0 Å². The average molecular weight is 183 g/mol. The molecule has 13 heavy (non-hydrogen) atoms. The highest BCUT2D eigenvalue weighted by Gasteiger charge is 2.25. The maximum absolute atomic E-state index is 10.3. The molecule has 1 aliphatic rings. The molecule has 0 bridgehead atoms. The normalized spacial score (nSPS) is 28.6. The average Bonchev–Trinajstić information content (AvgIpc) is 2.42. The number of nitrogens with zero attached hydrogens (tertiary/aromatic N) is 1. The van der Waals surface area contributed by atoms with Crippen molar-refractivity contribution in [2.24, 2.45) is 5.92 Å². The van der Waals surface area contributed by atoms with Gasteiger partial charge in [0.05, 0.1) is 0 Å². The summed E-state index contributed by atoms with van der Waals surface area (Å²) in [5.41, 5.74) is 0. The number of hydrogen-bond acceptors (Lipinski definition) is 2. The Kier molecular flexibility index (Phi) is 3.34. The summed E-state index contributed by atoms with van der Waals surface area (Å²) < 4.78 is 0. The molecule has 1 fully saturated rings. The Balaban J connectivity index is 2.53. The maximum Gasteiger partial charge on any atom is 0.329 e. The second kappa shape index (κ2) is 4.30. The minimum Gasteiger partial charge on any atom is -0.478 e. The zero-order valence-corrected chi connectivity index (χ0v) is 8.23. The van der Waals surface area contributed by atoms with Crippen LogP contribution in [0.1, 0.15) is 26.7 Å². The molecule has 1 rings (SSSR count). The van der Waals surface area contributed by atoms with Gasteiger partial charge in [-0.15, -0.1) is 0 Å². The number of aliphatic carboxylic acids is 1. The number of rotatable bonds is 3. The van der Waals surface area contributed by atoms with E-state index in [-0.39, 0.29) is 0 Å². The number of carboxylic acids is 1. The van der Waals surface area contributed by atoms with E-state index < -0.39 is 5.97 Å². The van der Waals surface area contributed by atoms with Gasteiger partial charge in [-0.2, -0.15) is 0 Å². The van der Waals surface area contributed by atoms with Crippen LogP contribution in [-0.4, -0.2) is 28.6 Å². The highest BCUT2D eigenvalue weighted by Crippen LogP contribution is 2.24. The topological polar surface area (TPSA) is 40.5 Å². The largest absolute Gasteiger partial charge is 0.478 e. The van der Waals surface area contributed by atoms with Crippen molar-refractivity contribution in [1.82, 2.24) is 4.90 Å². The zero-order valence-electron chi connectivity index (χ0n) is 8.23. The fourth-order valence-electron chi connectivity index (χ4n) is 1.93. The summed E-state index contributed by atoms with van der Waals surface area (Å²) in [7, 11) is 0. The van der Waals surface area contributed by atoms with E-state index in [0.717, 1.165) is 13.0 Å². The third-order valence-electron chi connectivity index (χ3n) is 2.55. The molecule has 0 spiro atoms. The molecule has 0 saturated carbocycles.